The second-order valence-electron chi connectivity index (χ2n) is 3.91. The van der Waals surface area contributed by atoms with Gasteiger partial charge in [-0.3, -0.25) is 4.79 Å². The van der Waals surface area contributed by atoms with Gasteiger partial charge in [0.1, 0.15) is 5.75 Å². The molecule has 0 fully saturated rings. The summed E-state index contributed by atoms with van der Waals surface area (Å²) in [5.74, 6) is -0.771. The van der Waals surface area contributed by atoms with E-state index in [0.29, 0.717) is 18.6 Å². The third-order valence-corrected chi connectivity index (χ3v) is 2.63. The Morgan fingerprint density at radius 3 is 2.28 bits per heavy atom. The number of rotatable bonds is 6. The fourth-order valence-electron chi connectivity index (χ4n) is 1.51. The van der Waals surface area contributed by atoms with Crippen LogP contribution in [-0.4, -0.2) is 18.5 Å². The van der Waals surface area contributed by atoms with E-state index in [4.69, 9.17) is 9.47 Å². The number of carbonyl (C=O) groups excluding carboxylic acids is 2. The van der Waals surface area contributed by atoms with Crippen LogP contribution in [0.5, 0.6) is 5.75 Å². The van der Waals surface area contributed by atoms with Crippen molar-refractivity contribution < 1.29 is 19.1 Å². The highest BCUT2D eigenvalue weighted by atomic mass is 16.6. The highest BCUT2D eigenvalue weighted by molar-refractivity contribution is 5.87. The Morgan fingerprint density at radius 1 is 1.11 bits per heavy atom. The minimum absolute atomic E-state index is 0.217. The Hall–Kier alpha value is -1.84. The van der Waals surface area contributed by atoms with Crippen LogP contribution in [0.25, 0.3) is 0 Å². The van der Waals surface area contributed by atoms with Crippen molar-refractivity contribution in [2.45, 2.75) is 26.7 Å². The van der Waals surface area contributed by atoms with Crippen molar-refractivity contribution in [3.63, 3.8) is 0 Å². The lowest BCUT2D eigenvalue weighted by Crippen LogP contribution is -2.24. The summed E-state index contributed by atoms with van der Waals surface area (Å²) >= 11 is 0. The molecule has 1 aromatic carbocycles. The molecule has 4 nitrogen and oxygen atoms in total. The first-order valence-corrected chi connectivity index (χ1v) is 6.09. The predicted octanol–water partition coefficient (Wildman–Crippen LogP) is 2.57. The predicted molar refractivity (Wildman–Crippen MR) is 67.1 cm³/mol. The summed E-state index contributed by atoms with van der Waals surface area (Å²) in [6.07, 6.45) is 1.34. The van der Waals surface area contributed by atoms with E-state index in [1.165, 1.54) is 0 Å². The van der Waals surface area contributed by atoms with Crippen LogP contribution in [0.4, 0.5) is 0 Å². The molecule has 0 saturated heterocycles. The molecule has 0 atom stereocenters. The minimum Gasteiger partial charge on any atom is -0.482 e. The summed E-state index contributed by atoms with van der Waals surface area (Å²) in [6, 6.07) is 8.92. The SMILES string of the molecule is CCC(CC)C(=O)OC(=O)COc1ccccc1. The number of hydrogen-bond donors (Lipinski definition) is 0. The number of esters is 2. The van der Waals surface area contributed by atoms with Gasteiger partial charge in [0.15, 0.2) is 6.61 Å². The zero-order valence-corrected chi connectivity index (χ0v) is 10.7. The summed E-state index contributed by atoms with van der Waals surface area (Å²) in [5.41, 5.74) is 0. The van der Waals surface area contributed by atoms with Gasteiger partial charge in [-0.1, -0.05) is 32.0 Å². The van der Waals surface area contributed by atoms with Gasteiger partial charge in [-0.15, -0.1) is 0 Å². The van der Waals surface area contributed by atoms with E-state index in [0.717, 1.165) is 0 Å². The normalized spacial score (nSPS) is 10.2. The van der Waals surface area contributed by atoms with Crippen LogP contribution >= 0.6 is 0 Å². The van der Waals surface area contributed by atoms with E-state index in [2.05, 4.69) is 0 Å². The Bertz CT molecular complexity index is 382. The summed E-state index contributed by atoms with van der Waals surface area (Å²) in [5, 5.41) is 0. The van der Waals surface area contributed by atoms with Crippen molar-refractivity contribution in [1.82, 2.24) is 0 Å². The van der Waals surface area contributed by atoms with Gasteiger partial charge in [0.05, 0.1) is 5.92 Å². The standard InChI is InChI=1S/C14H18O4/c1-3-11(4-2)14(16)18-13(15)10-17-12-8-6-5-7-9-12/h5-9,11H,3-4,10H2,1-2H3. The first-order chi connectivity index (χ1) is 8.67. The van der Waals surface area contributed by atoms with Gasteiger partial charge >= 0.3 is 11.9 Å². The molecule has 0 heterocycles. The van der Waals surface area contributed by atoms with E-state index in [9.17, 15) is 9.59 Å². The van der Waals surface area contributed by atoms with Crippen molar-refractivity contribution in [2.75, 3.05) is 6.61 Å². The molecular formula is C14H18O4. The molecule has 0 saturated carbocycles. The average molecular weight is 250 g/mol. The third kappa shape index (κ3) is 4.57. The Morgan fingerprint density at radius 2 is 1.72 bits per heavy atom. The quantitative estimate of drug-likeness (QED) is 0.575. The molecule has 0 N–H and O–H groups in total. The van der Waals surface area contributed by atoms with Gasteiger partial charge in [-0.05, 0) is 25.0 Å². The highest BCUT2D eigenvalue weighted by Crippen LogP contribution is 2.11. The van der Waals surface area contributed by atoms with Crippen molar-refractivity contribution in [2.24, 2.45) is 5.92 Å². The molecular weight excluding hydrogens is 232 g/mol. The summed E-state index contributed by atoms with van der Waals surface area (Å²) in [4.78, 5) is 22.9. The van der Waals surface area contributed by atoms with Crippen LogP contribution in [0, 0.1) is 5.92 Å². The van der Waals surface area contributed by atoms with Crippen molar-refractivity contribution in [1.29, 1.82) is 0 Å². The van der Waals surface area contributed by atoms with E-state index >= 15 is 0 Å². The molecule has 18 heavy (non-hydrogen) atoms. The molecule has 0 spiro atoms. The van der Waals surface area contributed by atoms with Crippen molar-refractivity contribution in [3.05, 3.63) is 30.3 Å². The smallest absolute Gasteiger partial charge is 0.351 e. The Balaban J connectivity index is 2.36. The second-order valence-corrected chi connectivity index (χ2v) is 3.91. The third-order valence-electron chi connectivity index (χ3n) is 2.63. The lowest BCUT2D eigenvalue weighted by molar-refractivity contribution is -0.164. The lowest BCUT2D eigenvalue weighted by atomic mass is 10.0. The van der Waals surface area contributed by atoms with E-state index in [1.54, 1.807) is 24.3 Å². The molecule has 4 heteroatoms. The number of hydrogen-bond acceptors (Lipinski definition) is 4. The van der Waals surface area contributed by atoms with Crippen LogP contribution < -0.4 is 4.74 Å². The van der Waals surface area contributed by atoms with E-state index < -0.39 is 11.9 Å². The zero-order chi connectivity index (χ0) is 13.4. The van der Waals surface area contributed by atoms with Gasteiger partial charge in [-0.25, -0.2) is 4.79 Å². The van der Waals surface area contributed by atoms with Crippen LogP contribution in [-0.2, 0) is 14.3 Å². The maximum Gasteiger partial charge on any atom is 0.351 e. The van der Waals surface area contributed by atoms with E-state index in [1.807, 2.05) is 19.9 Å². The second kappa shape index (κ2) is 7.48. The maximum absolute atomic E-state index is 11.5. The molecule has 0 bridgehead atoms. The molecule has 0 unspecified atom stereocenters. The van der Waals surface area contributed by atoms with E-state index in [-0.39, 0.29) is 12.5 Å². The van der Waals surface area contributed by atoms with Gasteiger partial charge in [0.25, 0.3) is 0 Å². The van der Waals surface area contributed by atoms with Crippen LogP contribution in [0.1, 0.15) is 26.7 Å². The molecule has 1 aromatic rings. The number of carbonyl (C=O) groups is 2. The molecule has 0 amide bonds. The average Bonchev–Trinajstić information content (AvgIpc) is 2.39. The molecule has 98 valence electrons. The lowest BCUT2D eigenvalue weighted by Gasteiger charge is -2.10. The van der Waals surface area contributed by atoms with Crippen LogP contribution in [0.15, 0.2) is 30.3 Å². The van der Waals surface area contributed by atoms with Crippen molar-refractivity contribution >= 4 is 11.9 Å². The first kappa shape index (κ1) is 14.2. The number of ether oxygens (including phenoxy) is 2. The minimum atomic E-state index is -0.657. The van der Waals surface area contributed by atoms with Crippen LogP contribution in [0.3, 0.4) is 0 Å². The summed E-state index contributed by atoms with van der Waals surface area (Å²) < 4.78 is 9.90. The zero-order valence-electron chi connectivity index (χ0n) is 10.7. The first-order valence-electron chi connectivity index (χ1n) is 6.09. The molecule has 0 aliphatic carbocycles. The van der Waals surface area contributed by atoms with Gasteiger partial charge in [0.2, 0.25) is 0 Å². The van der Waals surface area contributed by atoms with Crippen LogP contribution in [0.2, 0.25) is 0 Å². The molecule has 0 aliphatic rings. The Kier molecular flexibility index (Phi) is 5.91. The molecule has 0 aromatic heterocycles. The number of para-hydroxylation sites is 1. The fraction of sp³-hybridized carbons (Fsp3) is 0.429. The molecule has 0 radical (unpaired) electrons. The van der Waals surface area contributed by atoms with Gasteiger partial charge < -0.3 is 9.47 Å². The highest BCUT2D eigenvalue weighted by Gasteiger charge is 2.19. The fourth-order valence-corrected chi connectivity index (χ4v) is 1.51. The number of benzene rings is 1. The monoisotopic (exact) mass is 250 g/mol. The van der Waals surface area contributed by atoms with Gasteiger partial charge in [-0.2, -0.15) is 0 Å². The molecule has 0 aliphatic heterocycles. The van der Waals surface area contributed by atoms with Crippen molar-refractivity contribution in [3.8, 4) is 5.75 Å². The summed E-state index contributed by atoms with van der Waals surface area (Å²) in [7, 11) is 0. The molecule has 1 rings (SSSR count). The maximum atomic E-state index is 11.5. The topological polar surface area (TPSA) is 52.6 Å². The summed E-state index contributed by atoms with van der Waals surface area (Å²) in [6.45, 7) is 3.52. The Labute approximate surface area is 107 Å². The largest absolute Gasteiger partial charge is 0.482 e. The van der Waals surface area contributed by atoms with Gasteiger partial charge in [0, 0.05) is 0 Å².